The maximum Gasteiger partial charge on any atom is 0.253 e. The second kappa shape index (κ2) is 11.0. The van der Waals surface area contributed by atoms with Crippen LogP contribution in [0.15, 0.2) is 24.3 Å². The van der Waals surface area contributed by atoms with Crippen LogP contribution in [-0.2, 0) is 12.0 Å². The van der Waals surface area contributed by atoms with Gasteiger partial charge in [0, 0.05) is 50.1 Å². The van der Waals surface area contributed by atoms with Crippen LogP contribution in [0.1, 0.15) is 58.2 Å². The number of carbonyl (C=O) groups is 2. The number of amides is 1. The first-order chi connectivity index (χ1) is 17.5. The van der Waals surface area contributed by atoms with Crippen molar-refractivity contribution in [2.75, 3.05) is 57.2 Å². The average molecular weight is 584 g/mol. The summed E-state index contributed by atoms with van der Waals surface area (Å²) in [5, 5.41) is 20.7. The topological polar surface area (TPSA) is 113 Å². The van der Waals surface area contributed by atoms with Crippen molar-refractivity contribution >= 4 is 45.9 Å². The van der Waals surface area contributed by atoms with Crippen molar-refractivity contribution in [2.45, 2.75) is 32.7 Å². The zero-order chi connectivity index (χ0) is 27.1. The first-order valence-electron chi connectivity index (χ1n) is 12.3. The summed E-state index contributed by atoms with van der Waals surface area (Å²) in [5.41, 5.74) is 4.75. The van der Waals surface area contributed by atoms with E-state index in [-0.39, 0.29) is 53.0 Å². The number of nitriles is 1. The number of benzene rings is 2. The van der Waals surface area contributed by atoms with E-state index in [1.807, 2.05) is 42.1 Å². The van der Waals surface area contributed by atoms with Crippen molar-refractivity contribution < 1.29 is 14.3 Å². The van der Waals surface area contributed by atoms with Crippen molar-refractivity contribution in [3.05, 3.63) is 52.1 Å². The highest BCUT2D eigenvalue weighted by Crippen LogP contribution is 2.42. The molecule has 4 rings (SSSR count). The Morgan fingerprint density at radius 2 is 1.89 bits per heavy atom. The minimum Gasteiger partial charge on any atom is -0.489 e. The van der Waals surface area contributed by atoms with Crippen molar-refractivity contribution in [3.63, 3.8) is 0 Å². The van der Waals surface area contributed by atoms with Gasteiger partial charge in [-0.2, -0.15) is 5.26 Å². The maximum absolute atomic E-state index is 13.6. The largest absolute Gasteiger partial charge is 0.489 e. The lowest BCUT2D eigenvalue weighted by atomic mass is 9.84. The van der Waals surface area contributed by atoms with E-state index in [9.17, 15) is 14.9 Å². The number of anilines is 2. The van der Waals surface area contributed by atoms with Crippen LogP contribution in [0.25, 0.3) is 0 Å². The predicted molar refractivity (Wildman–Crippen MR) is 155 cm³/mol. The van der Waals surface area contributed by atoms with Crippen molar-refractivity contribution in [3.8, 4) is 11.8 Å². The smallest absolute Gasteiger partial charge is 0.253 e. The molecule has 0 radical (unpaired) electrons. The highest BCUT2D eigenvalue weighted by Gasteiger charge is 2.32. The number of nitrogens with one attached hydrogen (secondary N) is 2. The van der Waals surface area contributed by atoms with E-state index < -0.39 is 0 Å². The minimum atomic E-state index is -0.272. The number of fused-ring (bicyclic) bond motifs is 2. The second-order valence-electron chi connectivity index (χ2n) is 10.7. The maximum atomic E-state index is 13.6. The summed E-state index contributed by atoms with van der Waals surface area (Å²) in [4.78, 5) is 31.6. The van der Waals surface area contributed by atoms with Gasteiger partial charge in [-0.25, -0.2) is 0 Å². The fraction of sp³-hybridized carbons (Fsp3) is 0.429. The number of halogens is 1. The van der Waals surface area contributed by atoms with Crippen LogP contribution >= 0.6 is 17.0 Å². The van der Waals surface area contributed by atoms with E-state index in [2.05, 4.69) is 32.2 Å². The predicted octanol–water partition coefficient (Wildman–Crippen LogP) is 3.73. The van der Waals surface area contributed by atoms with E-state index in [0.717, 1.165) is 28.3 Å². The monoisotopic (exact) mass is 582 g/mol. The molecule has 0 saturated carbocycles. The number of hydrogen-bond acceptors (Lipinski definition) is 7. The van der Waals surface area contributed by atoms with Crippen LogP contribution in [0.5, 0.6) is 5.75 Å². The van der Waals surface area contributed by atoms with Gasteiger partial charge in [0.1, 0.15) is 24.7 Å². The van der Waals surface area contributed by atoms with Gasteiger partial charge in [0.05, 0.1) is 30.4 Å². The quantitative estimate of drug-likeness (QED) is 0.394. The van der Waals surface area contributed by atoms with E-state index >= 15 is 0 Å². The van der Waals surface area contributed by atoms with Gasteiger partial charge in [-0.15, -0.1) is 17.0 Å². The van der Waals surface area contributed by atoms with Crippen LogP contribution in [-0.4, -0.2) is 69.8 Å². The highest BCUT2D eigenvalue weighted by atomic mass is 79.9. The SMILES string of the molecule is Br.CNC(=O)c1cc2c(cc1N(C)C)CN(CC(=O)c1cc3c(c(C(C)(C)C)c1)OCCN3CC#N)C2=N. The van der Waals surface area contributed by atoms with Gasteiger partial charge in [-0.3, -0.25) is 15.0 Å². The molecule has 2 aromatic carbocycles. The molecule has 0 bridgehead atoms. The van der Waals surface area contributed by atoms with Gasteiger partial charge in [-0.05, 0) is 35.2 Å². The third-order valence-corrected chi connectivity index (χ3v) is 6.85. The molecule has 2 aliphatic heterocycles. The number of amidine groups is 1. The molecule has 38 heavy (non-hydrogen) atoms. The zero-order valence-corrected chi connectivity index (χ0v) is 24.5. The molecule has 0 fully saturated rings. The van der Waals surface area contributed by atoms with Gasteiger partial charge in [0.25, 0.3) is 5.91 Å². The molecule has 2 aliphatic rings. The molecule has 0 aromatic heterocycles. The Labute approximate surface area is 234 Å². The Morgan fingerprint density at radius 3 is 2.50 bits per heavy atom. The summed E-state index contributed by atoms with van der Waals surface area (Å²) < 4.78 is 6.01. The van der Waals surface area contributed by atoms with E-state index in [0.29, 0.717) is 36.4 Å². The fourth-order valence-corrected chi connectivity index (χ4v) is 4.87. The summed E-state index contributed by atoms with van der Waals surface area (Å²) in [5.74, 6) is 0.613. The summed E-state index contributed by atoms with van der Waals surface area (Å²) in [6.45, 7) is 7.94. The molecule has 2 heterocycles. The Hall–Kier alpha value is -3.58. The minimum absolute atomic E-state index is 0. The summed E-state index contributed by atoms with van der Waals surface area (Å²) in [7, 11) is 5.33. The molecule has 10 heteroatoms. The summed E-state index contributed by atoms with van der Waals surface area (Å²) in [6, 6.07) is 9.57. The number of ketones is 1. The first-order valence-corrected chi connectivity index (χ1v) is 12.3. The third kappa shape index (κ3) is 5.34. The Bertz CT molecular complexity index is 1330. The Morgan fingerprint density at radius 1 is 1.18 bits per heavy atom. The van der Waals surface area contributed by atoms with Crippen LogP contribution in [0.2, 0.25) is 0 Å². The van der Waals surface area contributed by atoms with Gasteiger partial charge in [0.15, 0.2) is 5.78 Å². The second-order valence-corrected chi connectivity index (χ2v) is 10.7. The Balaban J connectivity index is 0.00000400. The highest BCUT2D eigenvalue weighted by molar-refractivity contribution is 8.93. The van der Waals surface area contributed by atoms with Crippen LogP contribution < -0.4 is 19.9 Å². The number of Topliss-reactive ketones (excluding diaryl/α,β-unsaturated/α-hetero) is 1. The molecule has 2 N–H and O–H groups in total. The molecule has 2 aromatic rings. The Kier molecular flexibility index (Phi) is 8.42. The first kappa shape index (κ1) is 29.0. The van der Waals surface area contributed by atoms with E-state index in [1.54, 1.807) is 18.0 Å². The molecule has 0 saturated heterocycles. The molecule has 1 amide bonds. The van der Waals surface area contributed by atoms with Crippen molar-refractivity contribution in [1.82, 2.24) is 10.2 Å². The molecule has 9 nitrogen and oxygen atoms in total. The fourth-order valence-electron chi connectivity index (χ4n) is 4.87. The molecule has 0 unspecified atom stereocenters. The van der Waals surface area contributed by atoms with Crippen LogP contribution in [0.4, 0.5) is 11.4 Å². The molecule has 202 valence electrons. The van der Waals surface area contributed by atoms with E-state index in [4.69, 9.17) is 10.1 Å². The molecule has 0 spiro atoms. The number of rotatable bonds is 6. The lowest BCUT2D eigenvalue weighted by molar-refractivity contribution is 0.0955. The average Bonchev–Trinajstić information content (AvgIpc) is 3.15. The van der Waals surface area contributed by atoms with E-state index in [1.165, 1.54) is 0 Å². The lowest BCUT2D eigenvalue weighted by Gasteiger charge is -2.34. The molecule has 0 atom stereocenters. The number of hydrogen-bond donors (Lipinski definition) is 2. The normalized spacial score (nSPS) is 14.1. The standard InChI is InChI=1S/C28H34N6O3.BrH/c1-28(2,3)21-11-17(12-23-25(21)37-10-9-33(23)8-7-29)24(35)16-34-15-18-13-22(32(5)6)20(27(36)31-4)14-19(18)26(34)30;/h11-14,30H,8-10,15-16H2,1-6H3,(H,31,36);1H. The lowest BCUT2D eigenvalue weighted by Crippen LogP contribution is -2.35. The third-order valence-electron chi connectivity index (χ3n) is 6.85. The van der Waals surface area contributed by atoms with Crippen molar-refractivity contribution in [2.24, 2.45) is 0 Å². The molecule has 0 aliphatic carbocycles. The molecular formula is C28H35BrN6O3. The van der Waals surface area contributed by atoms with Crippen LogP contribution in [0, 0.1) is 16.7 Å². The van der Waals surface area contributed by atoms with Gasteiger partial charge in [-0.1, -0.05) is 20.8 Å². The summed E-state index contributed by atoms with van der Waals surface area (Å²) in [6.07, 6.45) is 0. The van der Waals surface area contributed by atoms with Crippen LogP contribution in [0.3, 0.4) is 0 Å². The number of carbonyl (C=O) groups excluding carboxylic acids is 2. The zero-order valence-electron chi connectivity index (χ0n) is 22.8. The number of nitrogens with zero attached hydrogens (tertiary/aromatic N) is 4. The van der Waals surface area contributed by atoms with Gasteiger partial charge >= 0.3 is 0 Å². The molecular weight excluding hydrogens is 548 g/mol. The van der Waals surface area contributed by atoms with Gasteiger partial charge in [0.2, 0.25) is 0 Å². The number of ether oxygens (including phenoxy) is 1. The summed E-state index contributed by atoms with van der Waals surface area (Å²) >= 11 is 0. The van der Waals surface area contributed by atoms with Crippen molar-refractivity contribution in [1.29, 1.82) is 10.7 Å². The van der Waals surface area contributed by atoms with Gasteiger partial charge < -0.3 is 24.8 Å².